The summed E-state index contributed by atoms with van der Waals surface area (Å²) in [5.41, 5.74) is 4.56. The van der Waals surface area contributed by atoms with E-state index in [9.17, 15) is 0 Å². The Balaban J connectivity index is 2.27. The molecule has 1 heterocycles. The van der Waals surface area contributed by atoms with Gasteiger partial charge in [-0.15, -0.1) is 0 Å². The first-order valence-electron chi connectivity index (χ1n) is 6.23. The second-order valence-corrected chi connectivity index (χ2v) is 4.22. The van der Waals surface area contributed by atoms with E-state index in [1.54, 1.807) is 13.3 Å². The van der Waals surface area contributed by atoms with Gasteiger partial charge in [-0.3, -0.25) is 11.3 Å². The zero-order valence-corrected chi connectivity index (χ0v) is 11.5. The van der Waals surface area contributed by atoms with E-state index >= 15 is 0 Å². The zero-order chi connectivity index (χ0) is 14.4. The van der Waals surface area contributed by atoms with Crippen molar-refractivity contribution in [3.63, 3.8) is 0 Å². The molecular weight excluding hydrogens is 256 g/mol. The van der Waals surface area contributed by atoms with Crippen LogP contribution in [-0.4, -0.2) is 24.2 Å². The number of aromatic nitrogens is 2. The van der Waals surface area contributed by atoms with Gasteiger partial charge >= 0.3 is 0 Å². The molecule has 0 aliphatic rings. The zero-order valence-electron chi connectivity index (χ0n) is 11.5. The summed E-state index contributed by atoms with van der Waals surface area (Å²) < 4.78 is 10.3. The van der Waals surface area contributed by atoms with Crippen molar-refractivity contribution >= 4 is 0 Å². The number of hydrazine groups is 1. The largest absolute Gasteiger partial charge is 0.480 e. The molecule has 1 aromatic carbocycles. The second-order valence-electron chi connectivity index (χ2n) is 4.22. The Morgan fingerprint density at radius 1 is 1.20 bits per heavy atom. The Morgan fingerprint density at radius 2 is 1.95 bits per heavy atom. The Kier molecular flexibility index (Phi) is 4.86. The lowest BCUT2D eigenvalue weighted by Crippen LogP contribution is -2.30. The van der Waals surface area contributed by atoms with Crippen molar-refractivity contribution in [3.05, 3.63) is 47.8 Å². The topological polar surface area (TPSA) is 82.3 Å². The highest BCUT2D eigenvalue weighted by molar-refractivity contribution is 5.28. The molecule has 0 bridgehead atoms. The molecule has 1 atom stereocenters. The number of benzene rings is 1. The number of ether oxygens (including phenoxy) is 2. The predicted molar refractivity (Wildman–Crippen MR) is 75.3 cm³/mol. The Hall–Kier alpha value is -2.18. The molecule has 3 N–H and O–H groups in total. The van der Waals surface area contributed by atoms with Crippen molar-refractivity contribution < 1.29 is 9.47 Å². The first-order valence-corrected chi connectivity index (χ1v) is 6.23. The molecular formula is C14H18N4O2. The van der Waals surface area contributed by atoms with Crippen LogP contribution < -0.4 is 20.7 Å². The van der Waals surface area contributed by atoms with E-state index in [0.717, 1.165) is 5.56 Å². The number of methoxy groups -OCH3 is 2. The molecule has 0 aliphatic heterocycles. The van der Waals surface area contributed by atoms with Gasteiger partial charge in [-0.1, -0.05) is 30.3 Å². The monoisotopic (exact) mass is 274 g/mol. The summed E-state index contributed by atoms with van der Waals surface area (Å²) in [6.07, 6.45) is 2.24. The Labute approximate surface area is 117 Å². The van der Waals surface area contributed by atoms with Gasteiger partial charge in [0, 0.05) is 0 Å². The van der Waals surface area contributed by atoms with Crippen LogP contribution in [0.1, 0.15) is 17.3 Å². The van der Waals surface area contributed by atoms with Crippen molar-refractivity contribution in [1.82, 2.24) is 15.4 Å². The quantitative estimate of drug-likeness (QED) is 0.609. The summed E-state index contributed by atoms with van der Waals surface area (Å²) in [4.78, 5) is 8.55. The third-order valence-corrected chi connectivity index (χ3v) is 2.96. The van der Waals surface area contributed by atoms with Crippen LogP contribution in [0.15, 0.2) is 36.5 Å². The number of hydrogen-bond acceptors (Lipinski definition) is 6. The van der Waals surface area contributed by atoms with Gasteiger partial charge < -0.3 is 9.47 Å². The normalized spacial score (nSPS) is 11.9. The highest BCUT2D eigenvalue weighted by Crippen LogP contribution is 2.25. The maximum Gasteiger partial charge on any atom is 0.240 e. The van der Waals surface area contributed by atoms with Crippen molar-refractivity contribution in [2.75, 3.05) is 14.2 Å². The van der Waals surface area contributed by atoms with Crippen molar-refractivity contribution in [2.45, 2.75) is 12.5 Å². The summed E-state index contributed by atoms with van der Waals surface area (Å²) >= 11 is 0. The average Bonchev–Trinajstić information content (AvgIpc) is 2.53. The van der Waals surface area contributed by atoms with Crippen LogP contribution in [0, 0.1) is 0 Å². The molecule has 2 aromatic rings. The van der Waals surface area contributed by atoms with E-state index in [2.05, 4.69) is 15.4 Å². The molecule has 0 fully saturated rings. The van der Waals surface area contributed by atoms with Crippen molar-refractivity contribution in [3.8, 4) is 11.8 Å². The van der Waals surface area contributed by atoms with Gasteiger partial charge in [0.15, 0.2) is 0 Å². The fraction of sp³-hybridized carbons (Fsp3) is 0.286. The number of nitrogens with two attached hydrogens (primary N) is 1. The minimum atomic E-state index is -0.189. The lowest BCUT2D eigenvalue weighted by Gasteiger charge is -2.17. The third kappa shape index (κ3) is 3.23. The molecule has 0 spiro atoms. The molecule has 0 radical (unpaired) electrons. The number of nitrogens with one attached hydrogen (secondary N) is 1. The fourth-order valence-electron chi connectivity index (χ4n) is 1.94. The van der Waals surface area contributed by atoms with Gasteiger partial charge in [0.1, 0.15) is 5.69 Å². The summed E-state index contributed by atoms with van der Waals surface area (Å²) in [6, 6.07) is 9.83. The fourth-order valence-corrected chi connectivity index (χ4v) is 1.94. The summed E-state index contributed by atoms with van der Waals surface area (Å²) in [5.74, 6) is 6.45. The van der Waals surface area contributed by atoms with E-state index < -0.39 is 0 Å². The Morgan fingerprint density at radius 3 is 2.55 bits per heavy atom. The van der Waals surface area contributed by atoms with E-state index in [0.29, 0.717) is 23.9 Å². The van der Waals surface area contributed by atoms with Gasteiger partial charge in [-0.05, 0) is 12.0 Å². The molecule has 6 nitrogen and oxygen atoms in total. The maximum atomic E-state index is 5.64. The van der Waals surface area contributed by atoms with Crippen LogP contribution >= 0.6 is 0 Å². The molecule has 0 saturated heterocycles. The molecule has 1 unspecified atom stereocenters. The lowest BCUT2D eigenvalue weighted by atomic mass is 10.0. The smallest absolute Gasteiger partial charge is 0.240 e. The first kappa shape index (κ1) is 14.2. The average molecular weight is 274 g/mol. The van der Waals surface area contributed by atoms with Crippen LogP contribution in [0.3, 0.4) is 0 Å². The Bertz CT molecular complexity index is 548. The van der Waals surface area contributed by atoms with E-state index in [-0.39, 0.29) is 6.04 Å². The van der Waals surface area contributed by atoms with Crippen LogP contribution in [-0.2, 0) is 6.42 Å². The van der Waals surface area contributed by atoms with E-state index in [1.807, 2.05) is 30.3 Å². The maximum absolute atomic E-state index is 5.64. The summed E-state index contributed by atoms with van der Waals surface area (Å²) in [6.45, 7) is 0. The first-order chi connectivity index (χ1) is 9.78. The summed E-state index contributed by atoms with van der Waals surface area (Å²) in [5, 5.41) is 0. The highest BCUT2D eigenvalue weighted by atomic mass is 16.5. The molecule has 6 heteroatoms. The SMILES string of the molecule is COc1cnc(C(Cc2ccccc2)NN)c(OC)n1. The molecule has 20 heavy (non-hydrogen) atoms. The molecule has 0 amide bonds. The number of nitrogens with zero attached hydrogens (tertiary/aromatic N) is 2. The van der Waals surface area contributed by atoms with Gasteiger partial charge in [0.05, 0.1) is 26.5 Å². The number of hydrogen-bond donors (Lipinski definition) is 2. The second kappa shape index (κ2) is 6.83. The van der Waals surface area contributed by atoms with Gasteiger partial charge in [-0.2, -0.15) is 4.98 Å². The van der Waals surface area contributed by atoms with E-state index in [4.69, 9.17) is 15.3 Å². The molecule has 1 aromatic heterocycles. The van der Waals surface area contributed by atoms with Crippen LogP contribution in [0.4, 0.5) is 0 Å². The minimum Gasteiger partial charge on any atom is -0.480 e. The molecule has 0 aliphatic carbocycles. The standard InChI is InChI=1S/C14H18N4O2/c1-19-12-9-16-13(14(17-12)20-2)11(18-15)8-10-6-4-3-5-7-10/h3-7,9,11,18H,8,15H2,1-2H3. The highest BCUT2D eigenvalue weighted by Gasteiger charge is 2.19. The predicted octanol–water partition coefficient (Wildman–Crippen LogP) is 1.24. The van der Waals surface area contributed by atoms with Crippen LogP contribution in [0.25, 0.3) is 0 Å². The van der Waals surface area contributed by atoms with Gasteiger partial charge in [0.25, 0.3) is 0 Å². The lowest BCUT2D eigenvalue weighted by molar-refractivity contribution is 0.349. The third-order valence-electron chi connectivity index (χ3n) is 2.96. The van der Waals surface area contributed by atoms with Crippen molar-refractivity contribution in [2.24, 2.45) is 5.84 Å². The minimum absolute atomic E-state index is 0.189. The molecule has 2 rings (SSSR count). The number of rotatable bonds is 6. The molecule has 0 saturated carbocycles. The van der Waals surface area contributed by atoms with Gasteiger partial charge in [0.2, 0.25) is 11.8 Å². The van der Waals surface area contributed by atoms with Crippen molar-refractivity contribution in [1.29, 1.82) is 0 Å². The van der Waals surface area contributed by atoms with E-state index in [1.165, 1.54) is 7.11 Å². The molecule has 106 valence electrons. The van der Waals surface area contributed by atoms with Gasteiger partial charge in [-0.25, -0.2) is 4.98 Å². The van der Waals surface area contributed by atoms with Crippen LogP contribution in [0.2, 0.25) is 0 Å². The van der Waals surface area contributed by atoms with Crippen LogP contribution in [0.5, 0.6) is 11.8 Å². The summed E-state index contributed by atoms with van der Waals surface area (Å²) in [7, 11) is 3.08.